The van der Waals surface area contributed by atoms with Crippen molar-refractivity contribution >= 4 is 88.0 Å². The largest absolute Gasteiger partial charge is 0.540 e. The number of aromatic nitrogens is 6. The van der Waals surface area contributed by atoms with E-state index < -0.39 is 94.7 Å². The molecule has 137 heavy (non-hydrogen) atoms. The number of fused-ring (bicyclic) bond motifs is 23. The van der Waals surface area contributed by atoms with Gasteiger partial charge >= 0.3 is 18.3 Å². The summed E-state index contributed by atoms with van der Waals surface area (Å²) in [5.41, 5.74) is 4.43. The minimum Gasteiger partial charge on any atom is -0.540 e. The van der Waals surface area contributed by atoms with Gasteiger partial charge in [-0.1, -0.05) is 140 Å². The van der Waals surface area contributed by atoms with Crippen LogP contribution in [0.2, 0.25) is 0 Å². The topological polar surface area (TPSA) is 360 Å². The second kappa shape index (κ2) is 42.7. The van der Waals surface area contributed by atoms with Gasteiger partial charge in [0.2, 0.25) is 35.4 Å². The van der Waals surface area contributed by atoms with E-state index in [0.29, 0.717) is 112 Å². The summed E-state index contributed by atoms with van der Waals surface area (Å²) in [7, 11) is 4.86. The van der Waals surface area contributed by atoms with Gasteiger partial charge in [0.25, 0.3) is 0 Å². The zero-order valence-corrected chi connectivity index (χ0v) is 86.4. The fourth-order valence-corrected chi connectivity index (χ4v) is 24.1. The minimum absolute atomic E-state index is 0. The fourth-order valence-electron chi connectivity index (χ4n) is 24.1. The molecule has 8 unspecified atom stereocenters. The zero-order chi connectivity index (χ0) is 94.9. The SMILES string of the molecule is CC[C@@H]1[C@@H]2CN(C(=O)[C@H](C(C)(C)C)NC(=O)O[C@@H]3CC4CC4[C@H]3CCCC3CC3c3nc4ccc(OC)cc4nc3O2)[C@@H]1[C-]=O.CC[C@@H]1[C@@H]2CN(C(=O)[C@H](C(C)(C)C)NC(=O)O[C@@H]3CCC[C@H]3CCCC3CC3c3nc4ccc(OC)cc4nc3O2)[C@@H]1[C-]=O.CC[C@@H]1[C@@H]2CN(C(=O)[C@H](C(C)(C)C)NC(=O)O[C@]3(C)CCC[C@H]3CCCC3CC3c3nc4ccc(OC)cc4nc3O2)[C@@H]1[C-]=O.[V].[V].[V]. The molecule has 7 saturated carbocycles. The number of hydrogen-bond donors (Lipinski definition) is 3. The van der Waals surface area contributed by atoms with Crippen LogP contribution in [0.4, 0.5) is 14.4 Å². The maximum absolute atomic E-state index is 14.3. The van der Waals surface area contributed by atoms with Crippen molar-refractivity contribution in [2.45, 2.75) is 328 Å². The van der Waals surface area contributed by atoms with Crippen molar-refractivity contribution in [3.63, 3.8) is 0 Å². The van der Waals surface area contributed by atoms with Gasteiger partial charge in [0.05, 0.1) is 74.1 Å². The molecule has 19 rings (SSSR count). The van der Waals surface area contributed by atoms with Gasteiger partial charge in [-0.05, 0) is 234 Å². The molecule has 13 aliphatic rings. The molecule has 33 heteroatoms. The van der Waals surface area contributed by atoms with E-state index in [2.05, 4.69) is 34.8 Å². The molecule has 6 amide bonds. The maximum Gasteiger partial charge on any atom is 0.408 e. The fraction of sp³-hybridized carbons (Fsp3) is 0.683. The molecular formula is C104H137N12O18V3-3. The number of nitrogens with zero attached hydrogens (tertiary/aromatic N) is 9. The molecule has 7 aliphatic carbocycles. The quantitative estimate of drug-likeness (QED) is 0.0894. The molecule has 6 aromatic rings. The standard InChI is InChI=1S/C35H45N4O6.C35H47N4O6.C34H45N4O6.3V/c1-6-21-27(17-40)39-16-29(21)44-32-30(36-25-11-10-20(43-5)15-26(25)37-32)24-12-18(24)8-7-9-22-23-13-19(23)14-28(22)45-34(42)38-31(33(39)41)35(2,3)4;1-7-23-27(19-40)39-18-28(23)44-31-29(36-25-14-13-22(43-6)17-26(25)37-31)24-16-20(24)10-8-11-21-12-9-15-35(21,5)45-33(42)38-30(32(39)41)34(2,3)4;1-6-22-26(18-39)38-17-28(22)43-31-29(35-24-14-13-21(42-5)16-25(24)36-31)23-15-20(23)11-7-9-19-10-8-12-27(19)44-33(41)37-30(32(38)40)34(2,3)4;;;/h10-11,15,18-19,21-24,27-29,31H,6-9,12-14,16H2,1-5H3,(H,38,42);13-14,17,20-21,23-24,27-28,30H,7-12,15-16,18H2,1-6H3,(H,38,42);13-14,16,19-20,22-23,26-28,30H,6-12,15,17H2,1-5H3,(H,37,41);;;/q3*-1;;;/t18?,19?,21-,22+,23?,24?,27+,28+,29-,31+;20?,21-,23+,24?,27-,28+,30-,35-;19-,20?,22+,23?,26-,27-,28+,30-;;;/m011.../s1. The number of ether oxygens (including phenoxy) is 9. The summed E-state index contributed by atoms with van der Waals surface area (Å²) in [5, 5.41) is 8.72. The van der Waals surface area contributed by atoms with Crippen LogP contribution in [-0.4, -0.2) is 213 Å². The Balaban J connectivity index is 0.000000162. The van der Waals surface area contributed by atoms with Crippen LogP contribution in [0.3, 0.4) is 0 Å². The van der Waals surface area contributed by atoms with Crippen molar-refractivity contribution in [1.82, 2.24) is 60.6 Å². The molecule has 3 saturated heterocycles. The molecule has 6 bridgehead atoms. The third kappa shape index (κ3) is 22.2. The van der Waals surface area contributed by atoms with E-state index in [1.54, 1.807) is 21.3 Å². The molecule has 3 N–H and O–H groups in total. The number of hydrogen-bond acceptors (Lipinski definition) is 24. The normalized spacial score (nSPS) is 33.5. The second-order valence-corrected chi connectivity index (χ2v) is 44.0. The smallest absolute Gasteiger partial charge is 0.408 e. The van der Waals surface area contributed by atoms with Crippen LogP contribution in [0.25, 0.3) is 33.1 Å². The van der Waals surface area contributed by atoms with E-state index in [9.17, 15) is 43.2 Å². The molecule has 10 fully saturated rings. The predicted octanol–water partition coefficient (Wildman–Crippen LogP) is 16.2. The van der Waals surface area contributed by atoms with Crippen LogP contribution in [0.1, 0.15) is 273 Å². The van der Waals surface area contributed by atoms with Crippen molar-refractivity contribution < 1.29 is 141 Å². The first-order valence-corrected chi connectivity index (χ1v) is 49.7. The van der Waals surface area contributed by atoms with Gasteiger partial charge in [-0.2, -0.15) is 0 Å². The van der Waals surface area contributed by atoms with E-state index in [1.807, 2.05) is 145 Å². The molecule has 6 aliphatic heterocycles. The number of methoxy groups -OCH3 is 3. The first-order chi connectivity index (χ1) is 64.1. The van der Waals surface area contributed by atoms with Crippen LogP contribution in [0, 0.1) is 81.3 Å². The molecule has 0 spiro atoms. The number of alkyl carbamates (subject to hydrolysis) is 3. The Kier molecular flexibility index (Phi) is 32.5. The number of carbonyl (C=O) groups is 6. The van der Waals surface area contributed by atoms with Crippen molar-refractivity contribution in [2.24, 2.45) is 81.3 Å². The van der Waals surface area contributed by atoms with Gasteiger partial charge in [-0.3, -0.25) is 14.4 Å². The van der Waals surface area contributed by atoms with Gasteiger partial charge in [0.15, 0.2) is 0 Å². The zero-order valence-electron chi connectivity index (χ0n) is 82.2. The van der Waals surface area contributed by atoms with E-state index in [-0.39, 0.29) is 147 Å². The Labute approximate surface area is 840 Å². The molecular weight excluding hydrogens is 1860 g/mol. The molecule has 30 nitrogen and oxygen atoms in total. The second-order valence-electron chi connectivity index (χ2n) is 44.0. The van der Waals surface area contributed by atoms with Crippen LogP contribution < -0.4 is 44.4 Å². The summed E-state index contributed by atoms with van der Waals surface area (Å²) in [4.78, 5) is 155. The Hall–Kier alpha value is -8.54. The third-order valence-electron chi connectivity index (χ3n) is 32.2. The minimum atomic E-state index is -0.907. The van der Waals surface area contributed by atoms with Crippen LogP contribution >= 0.6 is 0 Å². The van der Waals surface area contributed by atoms with E-state index in [0.717, 1.165) is 156 Å². The first kappa shape index (κ1) is 104. The van der Waals surface area contributed by atoms with Crippen LogP contribution in [-0.2, 0) is 98.6 Å². The van der Waals surface area contributed by atoms with Gasteiger partial charge < -0.3 is 87.7 Å². The Morgan fingerprint density at radius 1 is 0.387 bits per heavy atom. The van der Waals surface area contributed by atoms with Gasteiger partial charge in [-0.15, -0.1) is 0 Å². The molecule has 9 heterocycles. The number of nitrogens with one attached hydrogen (secondary N) is 3. The number of amides is 6. The maximum atomic E-state index is 14.3. The van der Waals surface area contributed by atoms with E-state index >= 15 is 0 Å². The average Bonchev–Trinajstić information content (AvgIpc) is 1.61. The Morgan fingerprint density at radius 3 is 1.09 bits per heavy atom. The van der Waals surface area contributed by atoms with Crippen LogP contribution in [0.5, 0.6) is 34.9 Å². The van der Waals surface area contributed by atoms with Gasteiger partial charge in [0, 0.05) is 91.6 Å². The van der Waals surface area contributed by atoms with Gasteiger partial charge in [-0.25, -0.2) is 63.1 Å². The van der Waals surface area contributed by atoms with Crippen LogP contribution in [0.15, 0.2) is 54.6 Å². The summed E-state index contributed by atoms with van der Waals surface area (Å²) in [6.07, 6.45) is 25.0. The predicted molar refractivity (Wildman–Crippen MR) is 499 cm³/mol. The van der Waals surface area contributed by atoms with Gasteiger partial charge in [0.1, 0.15) is 88.6 Å². The molecule has 3 aromatic carbocycles. The molecule has 26 atom stereocenters. The Morgan fingerprint density at radius 2 is 0.730 bits per heavy atom. The van der Waals surface area contributed by atoms with Crippen molar-refractivity contribution in [3.05, 3.63) is 71.7 Å². The summed E-state index contributed by atoms with van der Waals surface area (Å²) in [6, 6.07) is 11.9. The third-order valence-corrected chi connectivity index (χ3v) is 32.2. The average molecular weight is 2000 g/mol. The van der Waals surface area contributed by atoms with Crippen molar-refractivity contribution in [2.75, 3.05) is 41.0 Å². The summed E-state index contributed by atoms with van der Waals surface area (Å²) in [5.74, 6) is 5.88. The summed E-state index contributed by atoms with van der Waals surface area (Å²) in [6.45, 7) is 25.7. The summed E-state index contributed by atoms with van der Waals surface area (Å²) < 4.78 is 54.6. The molecule has 3 radical (unpaired) electrons. The van der Waals surface area contributed by atoms with Crippen molar-refractivity contribution in [3.8, 4) is 34.9 Å². The molecule has 739 valence electrons. The number of carbonyl (C=O) groups excluding carboxylic acids is 9. The number of benzene rings is 3. The summed E-state index contributed by atoms with van der Waals surface area (Å²) >= 11 is 0. The number of rotatable bonds is 9. The first-order valence-electron chi connectivity index (χ1n) is 49.7. The monoisotopic (exact) mass is 1990 g/mol. The van der Waals surface area contributed by atoms with Crippen molar-refractivity contribution in [1.29, 1.82) is 0 Å². The van der Waals surface area contributed by atoms with E-state index in [1.165, 1.54) is 21.1 Å². The Bertz CT molecular complexity index is 5300. The molecule has 3 aromatic heterocycles. The van der Waals surface area contributed by atoms with E-state index in [4.69, 9.17) is 72.5 Å².